The zero-order valence-corrected chi connectivity index (χ0v) is 20.8. The van der Waals surface area contributed by atoms with Gasteiger partial charge in [-0.15, -0.1) is 0 Å². The summed E-state index contributed by atoms with van der Waals surface area (Å²) in [5, 5.41) is 22.4. The van der Waals surface area contributed by atoms with E-state index in [1.165, 1.54) is 19.1 Å². The minimum absolute atomic E-state index is 0.158. The molecule has 198 valence electrons. The molecule has 0 amide bonds. The molecule has 6 atom stereocenters. The van der Waals surface area contributed by atoms with Crippen LogP contribution in [-0.2, 0) is 23.4 Å². The van der Waals surface area contributed by atoms with Crippen molar-refractivity contribution in [2.45, 2.75) is 57.3 Å². The van der Waals surface area contributed by atoms with E-state index in [1.54, 1.807) is 18.2 Å². The summed E-state index contributed by atoms with van der Waals surface area (Å²) >= 11 is 0. The van der Waals surface area contributed by atoms with Gasteiger partial charge in [0.05, 0.1) is 13.2 Å². The van der Waals surface area contributed by atoms with Crippen LogP contribution in [0.3, 0.4) is 0 Å². The number of hydrogen-bond acceptors (Lipinski definition) is 10. The average molecular weight is 529 g/mol. The smallest absolute Gasteiger partial charge is 0.459 e. The van der Waals surface area contributed by atoms with Crippen molar-refractivity contribution in [2.24, 2.45) is 0 Å². The number of alkyl halides is 1. The summed E-state index contributed by atoms with van der Waals surface area (Å²) in [6, 6.07) is 7.95. The zero-order valence-electron chi connectivity index (χ0n) is 19.9. The maximum Gasteiger partial charge on any atom is 0.459 e. The van der Waals surface area contributed by atoms with Crippen LogP contribution in [0.5, 0.6) is 11.6 Å². The molecule has 1 saturated heterocycles. The molecule has 0 radical (unpaired) electrons. The van der Waals surface area contributed by atoms with Crippen LogP contribution >= 0.6 is 7.75 Å². The summed E-state index contributed by atoms with van der Waals surface area (Å²) in [4.78, 5) is 27.6. The fraction of sp³-hybridized carbons (Fsp3) is 0.500. The molecular weight excluding hydrogens is 500 g/mol. The van der Waals surface area contributed by atoms with Crippen LogP contribution in [0.2, 0.25) is 0 Å². The molecule has 36 heavy (non-hydrogen) atoms. The third kappa shape index (κ3) is 6.48. The van der Waals surface area contributed by atoms with Gasteiger partial charge in [-0.25, -0.2) is 13.8 Å². The summed E-state index contributed by atoms with van der Waals surface area (Å²) < 4.78 is 51.3. The molecule has 3 N–H and O–H groups in total. The van der Waals surface area contributed by atoms with Gasteiger partial charge < -0.3 is 24.2 Å². The number of aliphatic hydroxyl groups is 1. The quantitative estimate of drug-likeness (QED) is 0.289. The molecule has 1 aliphatic rings. The largest absolute Gasteiger partial charge is 0.493 e. The molecule has 1 aromatic carbocycles. The number of nitrogens with zero attached hydrogens (tertiary/aromatic N) is 2. The van der Waals surface area contributed by atoms with Crippen molar-refractivity contribution in [1.29, 1.82) is 0 Å². The van der Waals surface area contributed by atoms with Crippen molar-refractivity contribution >= 4 is 13.7 Å². The Hall–Kier alpha value is -2.83. The first-order valence-electron chi connectivity index (χ1n) is 11.2. The number of nitrogens with one attached hydrogen (secondary N) is 1. The van der Waals surface area contributed by atoms with E-state index >= 15 is 4.39 Å². The molecule has 3 rings (SSSR count). The highest BCUT2D eigenvalue weighted by Crippen LogP contribution is 2.47. The monoisotopic (exact) mass is 529 g/mol. The first-order chi connectivity index (χ1) is 17.0. The van der Waals surface area contributed by atoms with Gasteiger partial charge in [0.15, 0.2) is 11.9 Å². The molecule has 14 heteroatoms. The molecule has 0 spiro atoms. The number of para-hydroxylation sites is 1. The van der Waals surface area contributed by atoms with E-state index in [0.29, 0.717) is 6.42 Å². The van der Waals surface area contributed by atoms with Gasteiger partial charge in [0.25, 0.3) is 0 Å². The lowest BCUT2D eigenvalue weighted by molar-refractivity contribution is -0.145. The summed E-state index contributed by atoms with van der Waals surface area (Å²) in [6.07, 6.45) is -3.15. The summed E-state index contributed by atoms with van der Waals surface area (Å²) in [5.41, 5.74) is -3.48. The van der Waals surface area contributed by atoms with Gasteiger partial charge >= 0.3 is 19.4 Å². The number of carbonyl (C=O) groups excluding carboxylic acids is 1. The van der Waals surface area contributed by atoms with E-state index in [-0.39, 0.29) is 12.4 Å². The van der Waals surface area contributed by atoms with Gasteiger partial charge in [-0.2, -0.15) is 10.1 Å². The minimum atomic E-state index is -4.29. The van der Waals surface area contributed by atoms with Crippen molar-refractivity contribution in [2.75, 3.05) is 13.2 Å². The van der Waals surface area contributed by atoms with E-state index in [4.69, 9.17) is 18.5 Å². The van der Waals surface area contributed by atoms with Crippen LogP contribution in [0.25, 0.3) is 0 Å². The number of benzene rings is 1. The standard InChI is InChI=1S/C22H29FN3O9P/c1-4-12-32-19(29)14(2)25-36(31,35-15-8-6-5-7-9-15)33-13-16-18(28)22(3,23)20(34-16)26-11-10-17(27)24-21(26)30/h5-11,14,16,18,20,28H,4,12-13H2,1-3H3,(H,25,31)(H,24,27,30)/t14-,16+,18+,20+,22+,36-/m0/s1. The van der Waals surface area contributed by atoms with Crippen molar-refractivity contribution in [3.63, 3.8) is 0 Å². The maximum absolute atomic E-state index is 15.4. The van der Waals surface area contributed by atoms with Gasteiger partial charge in [0, 0.05) is 12.3 Å². The topological polar surface area (TPSA) is 158 Å². The van der Waals surface area contributed by atoms with Crippen molar-refractivity contribution < 1.29 is 42.5 Å². The van der Waals surface area contributed by atoms with Crippen LogP contribution in [0.15, 0.2) is 47.4 Å². The summed E-state index contributed by atoms with van der Waals surface area (Å²) in [6.45, 7) is 3.78. The number of aromatic nitrogens is 2. The van der Waals surface area contributed by atoms with Crippen LogP contribution in [0, 0.1) is 0 Å². The Morgan fingerprint density at radius 2 is 2.06 bits per heavy atom. The molecule has 1 aliphatic heterocycles. The lowest BCUT2D eigenvalue weighted by Crippen LogP contribution is -2.43. The summed E-state index contributed by atoms with van der Waals surface area (Å²) in [5.74, 6) is -1.10. The van der Waals surface area contributed by atoms with Crippen LogP contribution in [0.4, 0.5) is 4.39 Å². The molecule has 0 unspecified atom stereocenters. The number of halogens is 1. The molecule has 12 nitrogen and oxygen atoms in total. The predicted molar refractivity (Wildman–Crippen MR) is 124 cm³/mol. The number of rotatable bonds is 11. The Balaban J connectivity index is 1.78. The predicted octanol–water partition coefficient (Wildman–Crippen LogP) is 2.07. The SMILES string of the molecule is CCCOC(=O)[C@H](C)N[P@](=O)(OC[C@H]1O[C@@H](n2ccc(O)nc2=O)[C@](C)(F)[C@@H]1O)Oc1ccccc1. The Labute approximate surface area is 206 Å². The molecule has 1 fully saturated rings. The third-order valence-electron chi connectivity index (χ3n) is 5.32. The molecule has 0 bridgehead atoms. The number of hydrogen-bond donors (Lipinski definition) is 3. The Morgan fingerprint density at radius 3 is 2.69 bits per heavy atom. The Morgan fingerprint density at radius 1 is 1.36 bits per heavy atom. The first kappa shape index (κ1) is 27.8. The number of carbonyl (C=O) groups is 1. The van der Waals surface area contributed by atoms with Crippen LogP contribution < -0.4 is 15.3 Å². The van der Waals surface area contributed by atoms with Gasteiger partial charge in [-0.05, 0) is 32.4 Å². The molecular formula is C22H29FN3O9P. The minimum Gasteiger partial charge on any atom is -0.493 e. The van der Waals surface area contributed by atoms with Gasteiger partial charge in [0.1, 0.15) is 24.0 Å². The summed E-state index contributed by atoms with van der Waals surface area (Å²) in [7, 11) is -4.29. The highest BCUT2D eigenvalue weighted by Gasteiger charge is 2.56. The average Bonchev–Trinajstić information content (AvgIpc) is 3.05. The second-order valence-electron chi connectivity index (χ2n) is 8.31. The van der Waals surface area contributed by atoms with Gasteiger partial charge in [-0.3, -0.25) is 13.9 Å². The van der Waals surface area contributed by atoms with Crippen molar-refractivity contribution in [1.82, 2.24) is 14.6 Å². The fourth-order valence-corrected chi connectivity index (χ4v) is 4.93. The van der Waals surface area contributed by atoms with Crippen molar-refractivity contribution in [3.8, 4) is 11.6 Å². The Bertz CT molecular complexity index is 1150. The van der Waals surface area contributed by atoms with E-state index in [0.717, 1.165) is 23.8 Å². The van der Waals surface area contributed by atoms with E-state index < -0.39 is 62.0 Å². The normalized spacial score (nSPS) is 26.2. The van der Waals surface area contributed by atoms with E-state index in [1.807, 2.05) is 6.92 Å². The zero-order chi connectivity index (χ0) is 26.5. The second-order valence-corrected chi connectivity index (χ2v) is 10.0. The van der Waals surface area contributed by atoms with Crippen LogP contribution in [-0.4, -0.2) is 62.9 Å². The molecule has 2 aromatic rings. The fourth-order valence-electron chi connectivity index (χ4n) is 3.43. The van der Waals surface area contributed by atoms with E-state index in [2.05, 4.69) is 10.1 Å². The lowest BCUT2D eigenvalue weighted by Gasteiger charge is -2.25. The third-order valence-corrected chi connectivity index (χ3v) is 6.96. The number of ether oxygens (including phenoxy) is 2. The number of esters is 1. The van der Waals surface area contributed by atoms with Crippen molar-refractivity contribution in [3.05, 3.63) is 53.1 Å². The second kappa shape index (κ2) is 11.5. The number of aliphatic hydroxyl groups excluding tert-OH is 1. The molecule has 0 aliphatic carbocycles. The van der Waals surface area contributed by atoms with Gasteiger partial charge in [-0.1, -0.05) is 25.1 Å². The lowest BCUT2D eigenvalue weighted by atomic mass is 9.98. The first-order valence-corrected chi connectivity index (χ1v) is 12.8. The maximum atomic E-state index is 15.4. The molecule has 2 heterocycles. The number of aromatic hydroxyl groups is 1. The highest BCUT2D eigenvalue weighted by molar-refractivity contribution is 7.52. The molecule has 0 saturated carbocycles. The van der Waals surface area contributed by atoms with Crippen LogP contribution in [0.1, 0.15) is 33.4 Å². The van der Waals surface area contributed by atoms with E-state index in [9.17, 15) is 24.4 Å². The molecule has 1 aromatic heterocycles. The highest BCUT2D eigenvalue weighted by atomic mass is 31.2. The Kier molecular flexibility index (Phi) is 8.85. The van der Waals surface area contributed by atoms with Gasteiger partial charge in [0.2, 0.25) is 5.88 Å².